The van der Waals surface area contributed by atoms with Gasteiger partial charge in [0.05, 0.1) is 19.3 Å². The van der Waals surface area contributed by atoms with Crippen LogP contribution in [-0.2, 0) is 11.2 Å². The lowest BCUT2D eigenvalue weighted by Crippen LogP contribution is -2.27. The highest BCUT2D eigenvalue weighted by molar-refractivity contribution is 5.76. The Morgan fingerprint density at radius 3 is 2.63 bits per heavy atom. The summed E-state index contributed by atoms with van der Waals surface area (Å²) in [5, 5.41) is 7.27. The van der Waals surface area contributed by atoms with Crippen LogP contribution in [0.3, 0.4) is 0 Å². The Hall–Kier alpha value is -3.16. The van der Waals surface area contributed by atoms with Crippen molar-refractivity contribution in [2.24, 2.45) is 0 Å². The smallest absolute Gasteiger partial charge is 0.252 e. The molecule has 0 aliphatic carbocycles. The number of carbonyl (C=O) groups is 1. The molecule has 0 spiro atoms. The third-order valence-corrected chi connectivity index (χ3v) is 5.04. The van der Waals surface area contributed by atoms with Crippen molar-refractivity contribution in [1.29, 1.82) is 0 Å². The standard InChI is InChI=1S/C22H29N5O3/c1-6-29-19-10-8-17(12-20(19)30-7-2)14(3)25-21(28)11-9-18-15(4)26-22-23-13-24-27(22)16(18)5/h8,10,12-14H,6-7,9,11H2,1-5H3,(H,25,28)/t14-/m0/s1. The minimum atomic E-state index is -0.148. The fourth-order valence-electron chi connectivity index (χ4n) is 3.49. The molecule has 30 heavy (non-hydrogen) atoms. The second-order valence-electron chi connectivity index (χ2n) is 7.09. The first-order valence-electron chi connectivity index (χ1n) is 10.3. The van der Waals surface area contributed by atoms with Gasteiger partial charge in [-0.3, -0.25) is 4.79 Å². The van der Waals surface area contributed by atoms with Crippen molar-refractivity contribution in [3.05, 3.63) is 47.0 Å². The Kier molecular flexibility index (Phi) is 6.87. The van der Waals surface area contributed by atoms with E-state index in [1.165, 1.54) is 6.33 Å². The summed E-state index contributed by atoms with van der Waals surface area (Å²) < 4.78 is 13.0. The van der Waals surface area contributed by atoms with Crippen LogP contribution in [0, 0.1) is 13.8 Å². The molecule has 0 aliphatic heterocycles. The summed E-state index contributed by atoms with van der Waals surface area (Å²) in [6.45, 7) is 10.9. The largest absolute Gasteiger partial charge is 0.490 e. The number of hydrogen-bond acceptors (Lipinski definition) is 6. The minimum absolute atomic E-state index is 0.0215. The molecule has 8 heteroatoms. The molecule has 1 N–H and O–H groups in total. The fourth-order valence-corrected chi connectivity index (χ4v) is 3.49. The molecular formula is C22H29N5O3. The minimum Gasteiger partial charge on any atom is -0.490 e. The molecule has 0 unspecified atom stereocenters. The lowest BCUT2D eigenvalue weighted by molar-refractivity contribution is -0.121. The van der Waals surface area contributed by atoms with E-state index >= 15 is 0 Å². The Bertz CT molecular complexity index is 1030. The molecule has 0 saturated carbocycles. The number of nitrogens with zero attached hydrogens (tertiary/aromatic N) is 4. The third-order valence-electron chi connectivity index (χ3n) is 5.04. The predicted octanol–water partition coefficient (Wildman–Crippen LogP) is 3.35. The van der Waals surface area contributed by atoms with E-state index in [1.807, 2.05) is 52.8 Å². The molecule has 2 heterocycles. The molecule has 1 amide bonds. The number of nitrogens with one attached hydrogen (secondary N) is 1. The van der Waals surface area contributed by atoms with Crippen molar-refractivity contribution >= 4 is 11.7 Å². The number of fused-ring (bicyclic) bond motifs is 1. The molecule has 2 aromatic heterocycles. The number of aryl methyl sites for hydroxylation is 2. The van der Waals surface area contributed by atoms with Gasteiger partial charge in [0, 0.05) is 17.8 Å². The lowest BCUT2D eigenvalue weighted by Gasteiger charge is -2.18. The molecule has 3 rings (SSSR count). The maximum atomic E-state index is 12.6. The van der Waals surface area contributed by atoms with Gasteiger partial charge in [0.2, 0.25) is 5.91 Å². The summed E-state index contributed by atoms with van der Waals surface area (Å²) in [6, 6.07) is 5.62. The Morgan fingerprint density at radius 2 is 1.90 bits per heavy atom. The van der Waals surface area contributed by atoms with Gasteiger partial charge in [0.15, 0.2) is 11.5 Å². The van der Waals surface area contributed by atoms with E-state index < -0.39 is 0 Å². The number of ether oxygens (including phenoxy) is 2. The normalized spacial score (nSPS) is 12.0. The molecule has 0 radical (unpaired) electrons. The Balaban J connectivity index is 1.66. The van der Waals surface area contributed by atoms with Crippen LogP contribution < -0.4 is 14.8 Å². The van der Waals surface area contributed by atoms with Gasteiger partial charge in [-0.2, -0.15) is 10.1 Å². The summed E-state index contributed by atoms with van der Waals surface area (Å²) in [4.78, 5) is 21.2. The van der Waals surface area contributed by atoms with Gasteiger partial charge in [-0.25, -0.2) is 9.50 Å². The zero-order valence-corrected chi connectivity index (χ0v) is 18.2. The van der Waals surface area contributed by atoms with Gasteiger partial charge in [-0.15, -0.1) is 0 Å². The molecule has 3 aromatic rings. The lowest BCUT2D eigenvalue weighted by atomic mass is 10.0. The zero-order valence-electron chi connectivity index (χ0n) is 18.2. The summed E-state index contributed by atoms with van der Waals surface area (Å²) in [5.41, 5.74) is 3.83. The topological polar surface area (TPSA) is 90.6 Å². The van der Waals surface area contributed by atoms with Crippen molar-refractivity contribution in [3.63, 3.8) is 0 Å². The highest BCUT2D eigenvalue weighted by atomic mass is 16.5. The first kappa shape index (κ1) is 21.5. The van der Waals surface area contributed by atoms with Crippen LogP contribution in [-0.4, -0.2) is 38.7 Å². The monoisotopic (exact) mass is 411 g/mol. The molecule has 0 fully saturated rings. The molecule has 0 aliphatic rings. The highest BCUT2D eigenvalue weighted by Crippen LogP contribution is 2.30. The average molecular weight is 412 g/mol. The van der Waals surface area contributed by atoms with Crippen LogP contribution in [0.15, 0.2) is 24.5 Å². The van der Waals surface area contributed by atoms with Crippen molar-refractivity contribution in [2.45, 2.75) is 53.5 Å². The number of rotatable bonds is 9. The predicted molar refractivity (Wildman–Crippen MR) is 114 cm³/mol. The van der Waals surface area contributed by atoms with E-state index in [4.69, 9.17) is 9.47 Å². The Labute approximate surface area is 176 Å². The summed E-state index contributed by atoms with van der Waals surface area (Å²) in [6.07, 6.45) is 2.44. The third kappa shape index (κ3) is 4.69. The van der Waals surface area contributed by atoms with Gasteiger partial charge in [0.1, 0.15) is 6.33 Å². The molecule has 0 bridgehead atoms. The fraction of sp³-hybridized carbons (Fsp3) is 0.455. The highest BCUT2D eigenvalue weighted by Gasteiger charge is 2.16. The van der Waals surface area contributed by atoms with Crippen LogP contribution in [0.25, 0.3) is 5.78 Å². The second-order valence-corrected chi connectivity index (χ2v) is 7.09. The molecule has 1 atom stereocenters. The Morgan fingerprint density at radius 1 is 1.17 bits per heavy atom. The van der Waals surface area contributed by atoms with Crippen LogP contribution in [0.1, 0.15) is 55.7 Å². The number of hydrogen-bond donors (Lipinski definition) is 1. The molecule has 0 saturated heterocycles. The number of benzene rings is 1. The molecular weight excluding hydrogens is 382 g/mol. The van der Waals surface area contributed by atoms with E-state index in [9.17, 15) is 4.79 Å². The van der Waals surface area contributed by atoms with E-state index in [0.717, 1.165) is 22.5 Å². The zero-order chi connectivity index (χ0) is 21.7. The van der Waals surface area contributed by atoms with Gasteiger partial charge in [-0.1, -0.05) is 6.07 Å². The van der Waals surface area contributed by atoms with Gasteiger partial charge >= 0.3 is 0 Å². The second kappa shape index (κ2) is 9.56. The van der Waals surface area contributed by atoms with E-state index in [0.29, 0.717) is 43.3 Å². The van der Waals surface area contributed by atoms with Crippen molar-refractivity contribution in [2.75, 3.05) is 13.2 Å². The van der Waals surface area contributed by atoms with Gasteiger partial charge in [0.25, 0.3) is 5.78 Å². The van der Waals surface area contributed by atoms with Gasteiger partial charge in [-0.05, 0) is 64.3 Å². The number of carbonyl (C=O) groups excluding carboxylic acids is 1. The maximum Gasteiger partial charge on any atom is 0.252 e. The van der Waals surface area contributed by atoms with Crippen molar-refractivity contribution < 1.29 is 14.3 Å². The summed E-state index contributed by atoms with van der Waals surface area (Å²) >= 11 is 0. The van der Waals surface area contributed by atoms with E-state index in [2.05, 4.69) is 20.4 Å². The maximum absolute atomic E-state index is 12.6. The first-order valence-corrected chi connectivity index (χ1v) is 10.3. The van der Waals surface area contributed by atoms with E-state index in [1.54, 1.807) is 4.52 Å². The summed E-state index contributed by atoms with van der Waals surface area (Å²) in [7, 11) is 0. The van der Waals surface area contributed by atoms with Crippen LogP contribution >= 0.6 is 0 Å². The van der Waals surface area contributed by atoms with Gasteiger partial charge < -0.3 is 14.8 Å². The molecule has 1 aromatic carbocycles. The van der Waals surface area contributed by atoms with Crippen molar-refractivity contribution in [3.8, 4) is 11.5 Å². The average Bonchev–Trinajstić information content (AvgIpc) is 3.18. The van der Waals surface area contributed by atoms with Crippen LogP contribution in [0.2, 0.25) is 0 Å². The molecule has 160 valence electrons. The summed E-state index contributed by atoms with van der Waals surface area (Å²) in [5.74, 6) is 1.96. The SMILES string of the molecule is CCOc1ccc([C@H](C)NC(=O)CCc2c(C)nc3ncnn3c2C)cc1OCC. The van der Waals surface area contributed by atoms with Crippen molar-refractivity contribution in [1.82, 2.24) is 24.9 Å². The number of amides is 1. The van der Waals surface area contributed by atoms with Crippen LogP contribution in [0.4, 0.5) is 0 Å². The van der Waals surface area contributed by atoms with Crippen LogP contribution in [0.5, 0.6) is 11.5 Å². The molecule has 8 nitrogen and oxygen atoms in total. The van der Waals surface area contributed by atoms with E-state index in [-0.39, 0.29) is 11.9 Å². The first-order chi connectivity index (χ1) is 14.4. The quantitative estimate of drug-likeness (QED) is 0.581. The number of aromatic nitrogens is 4.